The Morgan fingerprint density at radius 2 is 1.88 bits per heavy atom. The molecule has 1 unspecified atom stereocenters. The first-order valence-corrected chi connectivity index (χ1v) is 6.07. The van der Waals surface area contributed by atoms with Gasteiger partial charge in [0.05, 0.1) is 6.54 Å². The Hall–Kier alpha value is -1.10. The number of hydrogen-bond acceptors (Lipinski definition) is 3. The van der Waals surface area contributed by atoms with Crippen LogP contribution < -0.4 is 10.6 Å². The van der Waals surface area contributed by atoms with Crippen LogP contribution in [0.5, 0.6) is 0 Å². The van der Waals surface area contributed by atoms with Crippen molar-refractivity contribution in [1.29, 1.82) is 0 Å². The van der Waals surface area contributed by atoms with Crippen LogP contribution in [0.25, 0.3) is 0 Å². The average Bonchev–Trinajstić information content (AvgIpc) is 2.22. The Morgan fingerprint density at radius 1 is 1.24 bits per heavy atom. The molecule has 0 spiro atoms. The molecule has 0 fully saturated rings. The minimum absolute atomic E-state index is 0.0167. The Morgan fingerprint density at radius 3 is 2.35 bits per heavy atom. The van der Waals surface area contributed by atoms with Gasteiger partial charge in [0, 0.05) is 20.1 Å². The summed E-state index contributed by atoms with van der Waals surface area (Å²) in [6.45, 7) is 6.31. The van der Waals surface area contributed by atoms with Crippen molar-refractivity contribution in [2.45, 2.75) is 33.6 Å². The lowest BCUT2D eigenvalue weighted by atomic mass is 9.94. The first-order valence-electron chi connectivity index (χ1n) is 6.07. The molecule has 0 aliphatic heterocycles. The Balaban J connectivity index is 3.86. The van der Waals surface area contributed by atoms with Crippen LogP contribution in [0.4, 0.5) is 0 Å². The van der Waals surface area contributed by atoms with Crippen molar-refractivity contribution in [3.05, 3.63) is 0 Å². The number of aliphatic hydroxyl groups is 1. The van der Waals surface area contributed by atoms with Gasteiger partial charge in [-0.1, -0.05) is 13.8 Å². The van der Waals surface area contributed by atoms with Gasteiger partial charge >= 0.3 is 0 Å². The molecule has 0 saturated carbocycles. The summed E-state index contributed by atoms with van der Waals surface area (Å²) in [5, 5.41) is 14.1. The third-order valence-electron chi connectivity index (χ3n) is 2.43. The first-order chi connectivity index (χ1) is 7.95. The molecule has 5 nitrogen and oxygen atoms in total. The van der Waals surface area contributed by atoms with Crippen molar-refractivity contribution in [3.8, 4) is 0 Å². The van der Waals surface area contributed by atoms with Gasteiger partial charge in [-0.05, 0) is 24.7 Å². The fourth-order valence-electron chi connectivity index (χ4n) is 1.68. The molecular formula is C12H24N2O3. The summed E-state index contributed by atoms with van der Waals surface area (Å²) in [6, 6.07) is 0. The van der Waals surface area contributed by atoms with Crippen molar-refractivity contribution in [1.82, 2.24) is 10.6 Å². The molecule has 2 amide bonds. The Bertz CT molecular complexity index is 242. The van der Waals surface area contributed by atoms with E-state index in [-0.39, 0.29) is 25.0 Å². The maximum absolute atomic E-state index is 11.4. The number of aliphatic hydroxyl groups excluding tert-OH is 1. The third-order valence-corrected chi connectivity index (χ3v) is 2.43. The molecule has 5 heteroatoms. The SMILES string of the molecule is CC(=O)NCC(=O)NCC(CCO)CC(C)C. The molecular weight excluding hydrogens is 220 g/mol. The van der Waals surface area contributed by atoms with Gasteiger partial charge < -0.3 is 15.7 Å². The van der Waals surface area contributed by atoms with Crippen LogP contribution in [0.3, 0.4) is 0 Å². The van der Waals surface area contributed by atoms with E-state index >= 15 is 0 Å². The number of rotatable bonds is 8. The van der Waals surface area contributed by atoms with Crippen LogP contribution in [0, 0.1) is 11.8 Å². The molecule has 17 heavy (non-hydrogen) atoms. The van der Waals surface area contributed by atoms with Gasteiger partial charge in [0.25, 0.3) is 0 Å². The molecule has 0 rings (SSSR count). The maximum atomic E-state index is 11.4. The second-order valence-corrected chi connectivity index (χ2v) is 4.72. The number of carbonyl (C=O) groups excluding carboxylic acids is 2. The van der Waals surface area contributed by atoms with Crippen LogP contribution in [0.2, 0.25) is 0 Å². The Kier molecular flexibility index (Phi) is 8.40. The second kappa shape index (κ2) is 8.98. The highest BCUT2D eigenvalue weighted by molar-refractivity contribution is 5.83. The van der Waals surface area contributed by atoms with Crippen molar-refractivity contribution in [3.63, 3.8) is 0 Å². The summed E-state index contributed by atoms with van der Waals surface area (Å²) in [6.07, 6.45) is 1.67. The van der Waals surface area contributed by atoms with Crippen molar-refractivity contribution < 1.29 is 14.7 Å². The zero-order chi connectivity index (χ0) is 13.3. The van der Waals surface area contributed by atoms with Gasteiger partial charge in [-0.3, -0.25) is 9.59 Å². The van der Waals surface area contributed by atoms with Crippen LogP contribution in [0.1, 0.15) is 33.6 Å². The molecule has 0 aromatic carbocycles. The standard InChI is InChI=1S/C12H24N2O3/c1-9(2)6-11(4-5-15)7-14-12(17)8-13-10(3)16/h9,11,15H,4-8H2,1-3H3,(H,13,16)(H,14,17). The molecule has 0 aromatic heterocycles. The van der Waals surface area contributed by atoms with Gasteiger partial charge in [0.15, 0.2) is 0 Å². The number of carbonyl (C=O) groups is 2. The Labute approximate surface area is 103 Å². The molecule has 3 N–H and O–H groups in total. The molecule has 0 aliphatic carbocycles. The van der Waals surface area contributed by atoms with Gasteiger partial charge in [0.1, 0.15) is 0 Å². The third kappa shape index (κ3) is 9.81. The molecule has 0 aliphatic rings. The van der Waals surface area contributed by atoms with Gasteiger partial charge in [0.2, 0.25) is 11.8 Å². The normalized spacial score (nSPS) is 12.3. The number of hydrogen-bond donors (Lipinski definition) is 3. The lowest BCUT2D eigenvalue weighted by Gasteiger charge is -2.18. The lowest BCUT2D eigenvalue weighted by Crippen LogP contribution is -2.38. The minimum Gasteiger partial charge on any atom is -0.396 e. The highest BCUT2D eigenvalue weighted by Gasteiger charge is 2.12. The molecule has 0 heterocycles. The van der Waals surface area contributed by atoms with E-state index in [9.17, 15) is 9.59 Å². The summed E-state index contributed by atoms with van der Waals surface area (Å²) >= 11 is 0. The van der Waals surface area contributed by atoms with E-state index in [1.807, 2.05) is 0 Å². The zero-order valence-corrected chi connectivity index (χ0v) is 11.0. The second-order valence-electron chi connectivity index (χ2n) is 4.72. The average molecular weight is 244 g/mol. The van der Waals surface area contributed by atoms with Crippen LogP contribution >= 0.6 is 0 Å². The predicted molar refractivity (Wildman–Crippen MR) is 66.3 cm³/mol. The van der Waals surface area contributed by atoms with Gasteiger partial charge in [-0.2, -0.15) is 0 Å². The van der Waals surface area contributed by atoms with E-state index < -0.39 is 0 Å². The zero-order valence-electron chi connectivity index (χ0n) is 11.0. The van der Waals surface area contributed by atoms with Crippen LogP contribution in [-0.4, -0.2) is 36.6 Å². The van der Waals surface area contributed by atoms with E-state index in [1.165, 1.54) is 6.92 Å². The van der Waals surface area contributed by atoms with E-state index in [1.54, 1.807) is 0 Å². The summed E-state index contributed by atoms with van der Waals surface area (Å²) in [7, 11) is 0. The monoisotopic (exact) mass is 244 g/mol. The quantitative estimate of drug-likeness (QED) is 0.574. The maximum Gasteiger partial charge on any atom is 0.239 e. The molecule has 0 saturated heterocycles. The fourth-order valence-corrected chi connectivity index (χ4v) is 1.68. The van der Waals surface area contributed by atoms with Gasteiger partial charge in [-0.15, -0.1) is 0 Å². The van der Waals surface area contributed by atoms with E-state index in [0.717, 1.165) is 6.42 Å². The molecule has 100 valence electrons. The molecule has 0 aromatic rings. The molecule has 1 atom stereocenters. The van der Waals surface area contributed by atoms with Gasteiger partial charge in [-0.25, -0.2) is 0 Å². The smallest absolute Gasteiger partial charge is 0.239 e. The van der Waals surface area contributed by atoms with Crippen molar-refractivity contribution in [2.24, 2.45) is 11.8 Å². The summed E-state index contributed by atoms with van der Waals surface area (Å²) in [5.41, 5.74) is 0. The van der Waals surface area contributed by atoms with Crippen LogP contribution in [-0.2, 0) is 9.59 Å². The highest BCUT2D eigenvalue weighted by atomic mass is 16.3. The van der Waals surface area contributed by atoms with E-state index in [4.69, 9.17) is 5.11 Å². The fraction of sp³-hybridized carbons (Fsp3) is 0.833. The lowest BCUT2D eigenvalue weighted by molar-refractivity contribution is -0.125. The first kappa shape index (κ1) is 15.9. The topological polar surface area (TPSA) is 78.4 Å². The van der Waals surface area contributed by atoms with Crippen molar-refractivity contribution in [2.75, 3.05) is 19.7 Å². The van der Waals surface area contributed by atoms with E-state index in [0.29, 0.717) is 24.8 Å². The summed E-state index contributed by atoms with van der Waals surface area (Å²) in [5.74, 6) is 0.432. The molecule has 0 bridgehead atoms. The van der Waals surface area contributed by atoms with Crippen molar-refractivity contribution >= 4 is 11.8 Å². The largest absolute Gasteiger partial charge is 0.396 e. The van der Waals surface area contributed by atoms with E-state index in [2.05, 4.69) is 24.5 Å². The summed E-state index contributed by atoms with van der Waals surface area (Å²) in [4.78, 5) is 22.0. The highest BCUT2D eigenvalue weighted by Crippen LogP contribution is 2.13. The number of nitrogens with one attached hydrogen (secondary N) is 2. The minimum atomic E-state index is -0.214. The van der Waals surface area contributed by atoms with Crippen LogP contribution in [0.15, 0.2) is 0 Å². The molecule has 0 radical (unpaired) electrons. The predicted octanol–water partition coefficient (Wildman–Crippen LogP) is 0.283. The summed E-state index contributed by atoms with van der Waals surface area (Å²) < 4.78 is 0. The number of amides is 2.